The van der Waals surface area contributed by atoms with Crippen LogP contribution in [0.5, 0.6) is 0 Å². The van der Waals surface area contributed by atoms with Gasteiger partial charge >= 0.3 is 0 Å². The Labute approximate surface area is 138 Å². The molecule has 112 valence electrons. The van der Waals surface area contributed by atoms with Crippen LogP contribution in [0, 0.1) is 6.92 Å². The molecule has 3 nitrogen and oxygen atoms in total. The minimum atomic E-state index is 0.0963. The van der Waals surface area contributed by atoms with Crippen LogP contribution in [0.3, 0.4) is 0 Å². The van der Waals surface area contributed by atoms with Gasteiger partial charge in [0.05, 0.1) is 16.6 Å². The lowest BCUT2D eigenvalue weighted by molar-refractivity contribution is -0.127. The van der Waals surface area contributed by atoms with Gasteiger partial charge in [0.2, 0.25) is 5.91 Å². The quantitative estimate of drug-likeness (QED) is 0.660. The van der Waals surface area contributed by atoms with E-state index < -0.39 is 0 Å². The van der Waals surface area contributed by atoms with Gasteiger partial charge in [-0.25, -0.2) is 0 Å². The SMILES string of the molecule is Cc1cc(SCC(=O)N(C)Cc2ccc(Cl)s2)ccc1N. The van der Waals surface area contributed by atoms with Gasteiger partial charge in [-0.3, -0.25) is 4.79 Å². The number of amides is 1. The maximum Gasteiger partial charge on any atom is 0.233 e. The molecule has 0 radical (unpaired) electrons. The third kappa shape index (κ3) is 4.66. The van der Waals surface area contributed by atoms with Crippen molar-refractivity contribution < 1.29 is 4.79 Å². The molecule has 0 atom stereocenters. The highest BCUT2D eigenvalue weighted by Gasteiger charge is 2.11. The number of hydrogen-bond acceptors (Lipinski definition) is 4. The number of aryl methyl sites for hydroxylation is 1. The van der Waals surface area contributed by atoms with Crippen molar-refractivity contribution in [1.29, 1.82) is 0 Å². The summed E-state index contributed by atoms with van der Waals surface area (Å²) in [7, 11) is 1.81. The average Bonchev–Trinajstić information content (AvgIpc) is 2.85. The number of anilines is 1. The Hall–Kier alpha value is -1.17. The van der Waals surface area contributed by atoms with Gasteiger partial charge in [-0.15, -0.1) is 23.1 Å². The molecule has 6 heteroatoms. The molecule has 0 aliphatic rings. The van der Waals surface area contributed by atoms with Gasteiger partial charge in [-0.1, -0.05) is 11.6 Å². The van der Waals surface area contributed by atoms with E-state index in [0.29, 0.717) is 12.3 Å². The summed E-state index contributed by atoms with van der Waals surface area (Å²) in [5.74, 6) is 0.512. The van der Waals surface area contributed by atoms with Crippen molar-refractivity contribution in [1.82, 2.24) is 4.90 Å². The van der Waals surface area contributed by atoms with E-state index in [0.717, 1.165) is 25.4 Å². The Kier molecular flexibility index (Phi) is 5.56. The molecule has 0 unspecified atom stereocenters. The minimum Gasteiger partial charge on any atom is -0.399 e. The Bertz CT molecular complexity index is 642. The molecule has 0 aliphatic heterocycles. The number of nitrogens with zero attached hydrogens (tertiary/aromatic N) is 1. The summed E-state index contributed by atoms with van der Waals surface area (Å²) < 4.78 is 0.748. The molecule has 0 saturated heterocycles. The summed E-state index contributed by atoms with van der Waals surface area (Å²) in [6.45, 7) is 2.56. The molecule has 0 fully saturated rings. The van der Waals surface area contributed by atoms with Gasteiger partial charge < -0.3 is 10.6 Å². The lowest BCUT2D eigenvalue weighted by atomic mass is 10.2. The maximum absolute atomic E-state index is 12.1. The monoisotopic (exact) mass is 340 g/mol. The van der Waals surface area contributed by atoms with Gasteiger partial charge in [0.1, 0.15) is 0 Å². The Balaban J connectivity index is 1.87. The van der Waals surface area contributed by atoms with E-state index in [4.69, 9.17) is 17.3 Å². The number of thioether (sulfide) groups is 1. The van der Waals surface area contributed by atoms with Gasteiger partial charge in [0, 0.05) is 22.5 Å². The van der Waals surface area contributed by atoms with Crippen LogP contribution in [-0.2, 0) is 11.3 Å². The molecular formula is C15H17ClN2OS2. The average molecular weight is 341 g/mol. The maximum atomic E-state index is 12.1. The predicted molar refractivity (Wildman–Crippen MR) is 92.1 cm³/mol. The van der Waals surface area contributed by atoms with Crippen LogP contribution >= 0.6 is 34.7 Å². The Morgan fingerprint density at radius 3 is 2.76 bits per heavy atom. The summed E-state index contributed by atoms with van der Waals surface area (Å²) in [4.78, 5) is 16.0. The fraction of sp³-hybridized carbons (Fsp3) is 0.267. The van der Waals surface area contributed by atoms with Crippen molar-refractivity contribution in [2.75, 3.05) is 18.5 Å². The normalized spacial score (nSPS) is 10.6. The molecule has 21 heavy (non-hydrogen) atoms. The van der Waals surface area contributed by atoms with Crippen LogP contribution in [0.1, 0.15) is 10.4 Å². The van der Waals surface area contributed by atoms with Gasteiger partial charge in [-0.05, 0) is 42.8 Å². The van der Waals surface area contributed by atoms with Crippen molar-refractivity contribution in [3.05, 3.63) is 45.1 Å². The van der Waals surface area contributed by atoms with Crippen molar-refractivity contribution in [3.63, 3.8) is 0 Å². The standard InChI is InChI=1S/C15H17ClN2OS2/c1-10-7-11(3-5-13(10)17)20-9-15(19)18(2)8-12-4-6-14(16)21-12/h3-7H,8-9,17H2,1-2H3. The molecule has 2 aromatic rings. The molecule has 1 heterocycles. The van der Waals surface area contributed by atoms with E-state index in [1.807, 2.05) is 44.3 Å². The zero-order chi connectivity index (χ0) is 15.4. The lowest BCUT2D eigenvalue weighted by Gasteiger charge is -2.16. The zero-order valence-electron chi connectivity index (χ0n) is 11.9. The van der Waals surface area contributed by atoms with E-state index in [1.165, 1.54) is 23.1 Å². The fourth-order valence-corrected chi connectivity index (χ4v) is 3.83. The van der Waals surface area contributed by atoms with E-state index in [2.05, 4.69) is 0 Å². The first kappa shape index (κ1) is 16.2. The first-order chi connectivity index (χ1) is 9.95. The molecule has 2 N–H and O–H groups in total. The molecule has 0 bridgehead atoms. The molecule has 0 spiro atoms. The highest BCUT2D eigenvalue weighted by molar-refractivity contribution is 8.00. The molecular weight excluding hydrogens is 324 g/mol. The summed E-state index contributed by atoms with van der Waals surface area (Å²) in [6.07, 6.45) is 0. The number of rotatable bonds is 5. The summed E-state index contributed by atoms with van der Waals surface area (Å²) >= 11 is 8.92. The highest BCUT2D eigenvalue weighted by Crippen LogP contribution is 2.24. The van der Waals surface area contributed by atoms with Gasteiger partial charge in [0.15, 0.2) is 0 Å². The second-order valence-electron chi connectivity index (χ2n) is 4.76. The van der Waals surface area contributed by atoms with Crippen molar-refractivity contribution in [3.8, 4) is 0 Å². The van der Waals surface area contributed by atoms with E-state index in [9.17, 15) is 4.79 Å². The molecule has 0 saturated carbocycles. The minimum absolute atomic E-state index is 0.0963. The number of halogens is 1. The Morgan fingerprint density at radius 2 is 2.14 bits per heavy atom. The number of nitrogen functional groups attached to an aromatic ring is 1. The summed E-state index contributed by atoms with van der Waals surface area (Å²) in [5.41, 5.74) is 7.60. The zero-order valence-corrected chi connectivity index (χ0v) is 14.3. The first-order valence-electron chi connectivity index (χ1n) is 6.43. The number of thiophene rings is 1. The van der Waals surface area contributed by atoms with E-state index in [-0.39, 0.29) is 5.91 Å². The third-order valence-electron chi connectivity index (χ3n) is 3.05. The number of benzene rings is 1. The van der Waals surface area contributed by atoms with Gasteiger partial charge in [-0.2, -0.15) is 0 Å². The van der Waals surface area contributed by atoms with Crippen LogP contribution in [0.2, 0.25) is 4.34 Å². The molecule has 1 amide bonds. The molecule has 0 aliphatic carbocycles. The molecule has 1 aromatic carbocycles. The number of carbonyl (C=O) groups excluding carboxylic acids is 1. The number of nitrogens with two attached hydrogens (primary N) is 1. The fourth-order valence-electron chi connectivity index (χ4n) is 1.75. The Morgan fingerprint density at radius 1 is 1.38 bits per heavy atom. The number of carbonyl (C=O) groups is 1. The van der Waals surface area contributed by atoms with Crippen LogP contribution in [0.25, 0.3) is 0 Å². The van der Waals surface area contributed by atoms with Crippen molar-refractivity contribution >= 4 is 46.3 Å². The second kappa shape index (κ2) is 7.20. The smallest absolute Gasteiger partial charge is 0.233 e. The van der Waals surface area contributed by atoms with Crippen molar-refractivity contribution in [2.24, 2.45) is 0 Å². The van der Waals surface area contributed by atoms with E-state index in [1.54, 1.807) is 4.90 Å². The van der Waals surface area contributed by atoms with Crippen LogP contribution in [0.4, 0.5) is 5.69 Å². The van der Waals surface area contributed by atoms with Crippen LogP contribution in [-0.4, -0.2) is 23.6 Å². The lowest BCUT2D eigenvalue weighted by Crippen LogP contribution is -2.27. The van der Waals surface area contributed by atoms with E-state index >= 15 is 0 Å². The summed E-state index contributed by atoms with van der Waals surface area (Å²) in [6, 6.07) is 9.63. The molecule has 2 rings (SSSR count). The van der Waals surface area contributed by atoms with Gasteiger partial charge in [0.25, 0.3) is 0 Å². The topological polar surface area (TPSA) is 46.3 Å². The van der Waals surface area contributed by atoms with Crippen LogP contribution in [0.15, 0.2) is 35.2 Å². The predicted octanol–water partition coefficient (Wildman–Crippen LogP) is 4.04. The second-order valence-corrected chi connectivity index (χ2v) is 7.61. The first-order valence-corrected chi connectivity index (χ1v) is 8.61. The highest BCUT2D eigenvalue weighted by atomic mass is 35.5. The summed E-state index contributed by atoms with van der Waals surface area (Å²) in [5, 5.41) is 0. The molecule has 1 aromatic heterocycles. The number of hydrogen-bond donors (Lipinski definition) is 1. The largest absolute Gasteiger partial charge is 0.399 e. The van der Waals surface area contributed by atoms with Crippen molar-refractivity contribution in [2.45, 2.75) is 18.4 Å². The van der Waals surface area contributed by atoms with Crippen LogP contribution < -0.4 is 5.73 Å². The third-order valence-corrected chi connectivity index (χ3v) is 5.25.